The van der Waals surface area contributed by atoms with Gasteiger partial charge in [-0.05, 0) is 6.07 Å². The summed E-state index contributed by atoms with van der Waals surface area (Å²) in [6, 6.07) is 1.61. The zero-order chi connectivity index (χ0) is 12.9. The summed E-state index contributed by atoms with van der Waals surface area (Å²) in [5.74, 6) is 0.451. The van der Waals surface area contributed by atoms with Gasteiger partial charge < -0.3 is 10.9 Å². The van der Waals surface area contributed by atoms with Gasteiger partial charge in [-0.15, -0.1) is 11.8 Å². The number of pyridine rings is 1. The van der Waals surface area contributed by atoms with Gasteiger partial charge in [0.1, 0.15) is 9.84 Å². The predicted molar refractivity (Wildman–Crippen MR) is 67.2 cm³/mol. The van der Waals surface area contributed by atoms with Crippen molar-refractivity contribution in [1.29, 1.82) is 0 Å². The molecule has 0 aliphatic heterocycles. The Morgan fingerprint density at radius 1 is 1.65 bits per heavy atom. The average molecular weight is 275 g/mol. The number of oxime groups is 1. The molecule has 0 aromatic carbocycles. The normalized spacial score (nSPS) is 12.6. The highest BCUT2D eigenvalue weighted by atomic mass is 32.2. The van der Waals surface area contributed by atoms with Gasteiger partial charge in [-0.2, -0.15) is 0 Å². The fourth-order valence-corrected chi connectivity index (χ4v) is 3.29. The van der Waals surface area contributed by atoms with Crippen LogP contribution < -0.4 is 5.73 Å². The van der Waals surface area contributed by atoms with E-state index in [1.165, 1.54) is 24.2 Å². The fourth-order valence-electron chi connectivity index (χ4n) is 1.06. The highest BCUT2D eigenvalue weighted by Crippen LogP contribution is 2.21. The van der Waals surface area contributed by atoms with Gasteiger partial charge in [-0.3, -0.25) is 4.98 Å². The highest BCUT2D eigenvalue weighted by molar-refractivity contribution is 8.00. The summed E-state index contributed by atoms with van der Waals surface area (Å²) in [5, 5.41) is 11.5. The maximum atomic E-state index is 11.0. The summed E-state index contributed by atoms with van der Waals surface area (Å²) in [4.78, 5) is 4.60. The Hall–Kier alpha value is -1.28. The van der Waals surface area contributed by atoms with Crippen molar-refractivity contribution in [1.82, 2.24) is 4.98 Å². The third-order valence-electron chi connectivity index (χ3n) is 1.88. The minimum Gasteiger partial charge on any atom is -0.409 e. The number of amidine groups is 1. The lowest BCUT2D eigenvalue weighted by Gasteiger charge is -2.06. The van der Waals surface area contributed by atoms with Gasteiger partial charge in [-0.1, -0.05) is 5.16 Å². The van der Waals surface area contributed by atoms with E-state index in [1.807, 2.05) is 0 Å². The molecule has 1 heterocycles. The van der Waals surface area contributed by atoms with Crippen molar-refractivity contribution in [2.45, 2.75) is 4.90 Å². The summed E-state index contributed by atoms with van der Waals surface area (Å²) >= 11 is 1.30. The molecule has 0 radical (unpaired) electrons. The number of hydrogen-bond donors (Lipinski definition) is 2. The molecule has 0 fully saturated rings. The zero-order valence-corrected chi connectivity index (χ0v) is 10.8. The second-order valence-electron chi connectivity index (χ2n) is 3.34. The van der Waals surface area contributed by atoms with Crippen LogP contribution in [0.15, 0.2) is 28.5 Å². The van der Waals surface area contributed by atoms with Gasteiger partial charge >= 0.3 is 0 Å². The number of thioether (sulfide) groups is 1. The molecule has 0 bridgehead atoms. The van der Waals surface area contributed by atoms with Crippen LogP contribution in [0.25, 0.3) is 0 Å². The molecular weight excluding hydrogens is 262 g/mol. The Morgan fingerprint density at radius 2 is 2.35 bits per heavy atom. The largest absolute Gasteiger partial charge is 0.409 e. The molecule has 8 heteroatoms. The standard InChI is InChI=1S/C9H13N3O3S2/c1-17(14,15)5-4-16-8-6-11-3-2-7(8)9(10)12-13/h2-3,6,13H,4-5H2,1H3,(H2,10,12). The monoisotopic (exact) mass is 275 g/mol. The minimum atomic E-state index is -2.99. The number of aromatic nitrogens is 1. The van der Waals surface area contributed by atoms with Crippen molar-refractivity contribution in [3.63, 3.8) is 0 Å². The first-order chi connectivity index (χ1) is 7.94. The van der Waals surface area contributed by atoms with E-state index < -0.39 is 9.84 Å². The molecular formula is C9H13N3O3S2. The van der Waals surface area contributed by atoms with Gasteiger partial charge in [0.15, 0.2) is 5.84 Å². The Balaban J connectivity index is 2.78. The van der Waals surface area contributed by atoms with Crippen LogP contribution in [-0.4, -0.2) is 42.2 Å². The van der Waals surface area contributed by atoms with Gasteiger partial charge in [0.25, 0.3) is 0 Å². The summed E-state index contributed by atoms with van der Waals surface area (Å²) in [5.41, 5.74) is 6.04. The van der Waals surface area contributed by atoms with Crippen molar-refractivity contribution in [3.05, 3.63) is 24.0 Å². The van der Waals surface area contributed by atoms with Crippen molar-refractivity contribution >= 4 is 27.4 Å². The topological polar surface area (TPSA) is 106 Å². The molecule has 0 aliphatic carbocycles. The van der Waals surface area contributed by atoms with E-state index in [0.29, 0.717) is 16.2 Å². The molecule has 0 atom stereocenters. The van der Waals surface area contributed by atoms with Crippen LogP contribution in [0.1, 0.15) is 5.56 Å². The first-order valence-corrected chi connectivity index (χ1v) is 7.71. The van der Waals surface area contributed by atoms with E-state index in [9.17, 15) is 8.42 Å². The molecule has 0 aliphatic rings. The Labute approximate surface area is 104 Å². The Kier molecular flexibility index (Phi) is 4.76. The first-order valence-electron chi connectivity index (χ1n) is 4.66. The van der Waals surface area contributed by atoms with E-state index in [2.05, 4.69) is 10.1 Å². The van der Waals surface area contributed by atoms with Crippen LogP contribution in [0.3, 0.4) is 0 Å². The van der Waals surface area contributed by atoms with E-state index in [0.717, 1.165) is 0 Å². The molecule has 17 heavy (non-hydrogen) atoms. The molecule has 0 amide bonds. The van der Waals surface area contributed by atoms with Crippen LogP contribution >= 0.6 is 11.8 Å². The van der Waals surface area contributed by atoms with Crippen molar-refractivity contribution in [2.75, 3.05) is 17.8 Å². The smallest absolute Gasteiger partial charge is 0.171 e. The van der Waals surface area contributed by atoms with Crippen LogP contribution in [-0.2, 0) is 9.84 Å². The quantitative estimate of drug-likeness (QED) is 0.263. The summed E-state index contributed by atoms with van der Waals surface area (Å²) < 4.78 is 22.0. The SMILES string of the molecule is CS(=O)(=O)CCSc1cnccc1/C(N)=N/O. The molecule has 0 saturated carbocycles. The van der Waals surface area contributed by atoms with E-state index in [4.69, 9.17) is 10.9 Å². The van der Waals surface area contributed by atoms with Crippen molar-refractivity contribution < 1.29 is 13.6 Å². The van der Waals surface area contributed by atoms with Crippen molar-refractivity contribution in [2.24, 2.45) is 10.9 Å². The summed E-state index contributed by atoms with van der Waals surface area (Å²) in [6.45, 7) is 0. The second-order valence-corrected chi connectivity index (χ2v) is 6.73. The highest BCUT2D eigenvalue weighted by Gasteiger charge is 2.09. The molecule has 0 saturated heterocycles. The minimum absolute atomic E-state index is 0.0192. The maximum absolute atomic E-state index is 11.0. The van der Waals surface area contributed by atoms with Crippen LogP contribution in [0.5, 0.6) is 0 Å². The molecule has 94 valence electrons. The summed E-state index contributed by atoms with van der Waals surface area (Å²) in [6.07, 6.45) is 4.26. The number of sulfone groups is 1. The van der Waals surface area contributed by atoms with Gasteiger partial charge in [0.2, 0.25) is 0 Å². The van der Waals surface area contributed by atoms with Crippen LogP contribution in [0, 0.1) is 0 Å². The number of rotatable bonds is 5. The Bertz CT molecular complexity index is 514. The molecule has 1 aromatic heterocycles. The fraction of sp³-hybridized carbons (Fsp3) is 0.333. The predicted octanol–water partition coefficient (Wildman–Crippen LogP) is 0.313. The average Bonchev–Trinajstić information content (AvgIpc) is 2.27. The molecule has 3 N–H and O–H groups in total. The van der Waals surface area contributed by atoms with Crippen LogP contribution in [0.2, 0.25) is 0 Å². The molecule has 1 rings (SSSR count). The molecule has 0 unspecified atom stereocenters. The molecule has 6 nitrogen and oxygen atoms in total. The van der Waals surface area contributed by atoms with E-state index in [1.54, 1.807) is 12.3 Å². The van der Waals surface area contributed by atoms with Gasteiger partial charge in [0.05, 0.1) is 5.75 Å². The van der Waals surface area contributed by atoms with Crippen LogP contribution in [0.4, 0.5) is 0 Å². The van der Waals surface area contributed by atoms with E-state index in [-0.39, 0.29) is 11.6 Å². The van der Waals surface area contributed by atoms with E-state index >= 15 is 0 Å². The number of hydrogen-bond acceptors (Lipinski definition) is 6. The number of nitrogens with two attached hydrogens (primary N) is 1. The lowest BCUT2D eigenvalue weighted by Crippen LogP contribution is -2.14. The number of nitrogens with zero attached hydrogens (tertiary/aromatic N) is 2. The van der Waals surface area contributed by atoms with Crippen molar-refractivity contribution in [3.8, 4) is 0 Å². The zero-order valence-electron chi connectivity index (χ0n) is 9.20. The van der Waals surface area contributed by atoms with Gasteiger partial charge in [0, 0.05) is 34.9 Å². The van der Waals surface area contributed by atoms with Gasteiger partial charge in [-0.25, -0.2) is 8.42 Å². The second kappa shape index (κ2) is 5.87. The first kappa shape index (κ1) is 13.8. The summed E-state index contributed by atoms with van der Waals surface area (Å²) in [7, 11) is -2.99. The maximum Gasteiger partial charge on any atom is 0.171 e. The Morgan fingerprint density at radius 3 is 2.94 bits per heavy atom. The third-order valence-corrected chi connectivity index (χ3v) is 4.13. The molecule has 0 spiro atoms. The lowest BCUT2D eigenvalue weighted by molar-refractivity contribution is 0.318. The third kappa shape index (κ3) is 4.61. The lowest BCUT2D eigenvalue weighted by atomic mass is 10.2. The molecule has 1 aromatic rings.